The minimum Gasteiger partial charge on any atom is -0.367 e. The highest BCUT2D eigenvalue weighted by atomic mass is 79.9. The van der Waals surface area contributed by atoms with Crippen molar-refractivity contribution in [3.63, 3.8) is 0 Å². The van der Waals surface area contributed by atoms with Gasteiger partial charge in [0.25, 0.3) is 0 Å². The Morgan fingerprint density at radius 1 is 1.19 bits per heavy atom. The van der Waals surface area contributed by atoms with Gasteiger partial charge in [0.15, 0.2) is 0 Å². The Bertz CT molecular complexity index is 680. The fourth-order valence-electron chi connectivity index (χ4n) is 2.01. The zero-order chi connectivity index (χ0) is 15.5. The lowest BCUT2D eigenvalue weighted by atomic mass is 9.94. The molecule has 0 aliphatic rings. The quantitative estimate of drug-likeness (QED) is 0.735. The molecule has 0 saturated heterocycles. The molecule has 2 rings (SSSR count). The van der Waals surface area contributed by atoms with Crippen LogP contribution in [0.15, 0.2) is 46.9 Å². The first-order chi connectivity index (χ1) is 9.92. The van der Waals surface area contributed by atoms with Gasteiger partial charge in [-0.15, -0.1) is 0 Å². The molecule has 2 aromatic carbocycles. The largest absolute Gasteiger partial charge is 0.367 e. The molecule has 0 saturated carbocycles. The van der Waals surface area contributed by atoms with E-state index in [-0.39, 0.29) is 0 Å². The van der Waals surface area contributed by atoms with Crippen LogP contribution in [0.4, 0.5) is 5.69 Å². The maximum Gasteiger partial charge on any atom is 0.126 e. The predicted octanol–water partition coefficient (Wildman–Crippen LogP) is 5.69. The second-order valence-electron chi connectivity index (χ2n) is 5.00. The number of nitrogens with one attached hydrogen (secondary N) is 1. The fourth-order valence-corrected chi connectivity index (χ4v) is 2.64. The molecule has 0 spiro atoms. The zero-order valence-electron chi connectivity index (χ0n) is 11.3. The van der Waals surface area contributed by atoms with Crippen LogP contribution in [0.1, 0.15) is 12.5 Å². The summed E-state index contributed by atoms with van der Waals surface area (Å²) in [6, 6.07) is 15.3. The van der Waals surface area contributed by atoms with E-state index >= 15 is 0 Å². The van der Waals surface area contributed by atoms with E-state index < -0.39 is 5.54 Å². The van der Waals surface area contributed by atoms with Gasteiger partial charge in [-0.05, 0) is 58.7 Å². The summed E-state index contributed by atoms with van der Waals surface area (Å²) in [5.74, 6) is 0. The van der Waals surface area contributed by atoms with Crippen LogP contribution in [0, 0.1) is 11.3 Å². The third kappa shape index (κ3) is 4.38. The van der Waals surface area contributed by atoms with E-state index in [4.69, 9.17) is 23.2 Å². The van der Waals surface area contributed by atoms with Gasteiger partial charge in [0.1, 0.15) is 5.54 Å². The van der Waals surface area contributed by atoms with Gasteiger partial charge in [-0.2, -0.15) is 5.26 Å². The average molecular weight is 384 g/mol. The van der Waals surface area contributed by atoms with Gasteiger partial charge in [-0.1, -0.05) is 35.3 Å². The number of rotatable bonds is 4. The van der Waals surface area contributed by atoms with Gasteiger partial charge in [0.05, 0.1) is 11.1 Å². The molecule has 108 valence electrons. The maximum atomic E-state index is 9.51. The molecule has 0 aliphatic heterocycles. The van der Waals surface area contributed by atoms with Crippen LogP contribution in [-0.4, -0.2) is 5.54 Å². The first-order valence-electron chi connectivity index (χ1n) is 6.31. The second-order valence-corrected chi connectivity index (χ2v) is 6.70. The van der Waals surface area contributed by atoms with E-state index in [1.807, 2.05) is 43.3 Å². The first-order valence-corrected chi connectivity index (χ1v) is 7.86. The Labute approximate surface area is 142 Å². The van der Waals surface area contributed by atoms with Crippen LogP contribution >= 0.6 is 39.1 Å². The number of nitriles is 1. The monoisotopic (exact) mass is 382 g/mol. The van der Waals surface area contributed by atoms with Crippen LogP contribution in [0.2, 0.25) is 10.0 Å². The molecular weight excluding hydrogens is 371 g/mol. The van der Waals surface area contributed by atoms with Crippen molar-refractivity contribution < 1.29 is 0 Å². The standard InChI is InChI=1S/C16H13BrCl2N2/c1-16(10-20,9-11-2-4-12(18)5-3-11)21-13-6-7-15(19)14(17)8-13/h2-8,21H,9H2,1H3. The fraction of sp³-hybridized carbons (Fsp3) is 0.188. The summed E-state index contributed by atoms with van der Waals surface area (Å²) in [7, 11) is 0. The molecule has 0 fully saturated rings. The lowest BCUT2D eigenvalue weighted by Gasteiger charge is -2.25. The molecule has 0 aliphatic carbocycles. The third-order valence-electron chi connectivity index (χ3n) is 3.06. The molecule has 0 heterocycles. The number of hydrogen-bond donors (Lipinski definition) is 1. The molecule has 5 heteroatoms. The molecule has 21 heavy (non-hydrogen) atoms. The van der Waals surface area contributed by atoms with Crippen LogP contribution in [-0.2, 0) is 6.42 Å². The second kappa shape index (κ2) is 6.70. The van der Waals surface area contributed by atoms with Gasteiger partial charge < -0.3 is 5.32 Å². The summed E-state index contributed by atoms with van der Waals surface area (Å²) >= 11 is 15.2. The molecule has 1 atom stereocenters. The molecule has 2 nitrogen and oxygen atoms in total. The molecule has 2 aromatic rings. The predicted molar refractivity (Wildman–Crippen MR) is 91.9 cm³/mol. The Balaban J connectivity index is 2.19. The van der Waals surface area contributed by atoms with Crippen molar-refractivity contribution in [2.45, 2.75) is 18.9 Å². The van der Waals surface area contributed by atoms with Gasteiger partial charge in [-0.25, -0.2) is 0 Å². The lowest BCUT2D eigenvalue weighted by molar-refractivity contribution is 0.646. The SMILES string of the molecule is CC(C#N)(Cc1ccc(Cl)cc1)Nc1ccc(Cl)c(Br)c1. The highest BCUT2D eigenvalue weighted by Gasteiger charge is 2.24. The number of halogens is 3. The number of hydrogen-bond acceptors (Lipinski definition) is 2. The van der Waals surface area contributed by atoms with Gasteiger partial charge >= 0.3 is 0 Å². The average Bonchev–Trinajstić information content (AvgIpc) is 2.45. The summed E-state index contributed by atoms with van der Waals surface area (Å²) < 4.78 is 0.793. The number of benzene rings is 2. The van der Waals surface area contributed by atoms with Gasteiger partial charge in [-0.3, -0.25) is 0 Å². The molecule has 1 N–H and O–H groups in total. The minimum atomic E-state index is -0.721. The zero-order valence-corrected chi connectivity index (χ0v) is 14.4. The van der Waals surface area contributed by atoms with E-state index in [0.717, 1.165) is 15.7 Å². The topological polar surface area (TPSA) is 35.8 Å². The maximum absolute atomic E-state index is 9.51. The van der Waals surface area contributed by atoms with E-state index in [0.29, 0.717) is 16.5 Å². The van der Waals surface area contributed by atoms with Crippen molar-refractivity contribution in [2.75, 3.05) is 5.32 Å². The van der Waals surface area contributed by atoms with Crippen molar-refractivity contribution in [1.82, 2.24) is 0 Å². The Morgan fingerprint density at radius 3 is 2.43 bits per heavy atom. The molecule has 0 radical (unpaired) electrons. The summed E-state index contributed by atoms with van der Waals surface area (Å²) in [6.07, 6.45) is 0.570. The van der Waals surface area contributed by atoms with Gasteiger partial charge in [0.2, 0.25) is 0 Å². The van der Waals surface area contributed by atoms with Crippen LogP contribution in [0.5, 0.6) is 0 Å². The molecule has 0 aromatic heterocycles. The van der Waals surface area contributed by atoms with E-state index in [1.54, 1.807) is 6.07 Å². The summed E-state index contributed by atoms with van der Waals surface area (Å²) in [5.41, 5.74) is 1.16. The Hall–Kier alpha value is -1.21. The number of nitrogens with zero attached hydrogens (tertiary/aromatic N) is 1. The number of anilines is 1. The van der Waals surface area contributed by atoms with Crippen LogP contribution < -0.4 is 5.32 Å². The van der Waals surface area contributed by atoms with E-state index in [9.17, 15) is 5.26 Å². The molecule has 0 bridgehead atoms. The van der Waals surface area contributed by atoms with Crippen LogP contribution in [0.25, 0.3) is 0 Å². The lowest BCUT2D eigenvalue weighted by Crippen LogP contribution is -2.35. The summed E-state index contributed by atoms with van der Waals surface area (Å²) in [5, 5.41) is 14.1. The van der Waals surface area contributed by atoms with E-state index in [2.05, 4.69) is 27.3 Å². The van der Waals surface area contributed by atoms with Crippen molar-refractivity contribution in [3.8, 4) is 6.07 Å². The Morgan fingerprint density at radius 2 is 1.86 bits per heavy atom. The van der Waals surface area contributed by atoms with Crippen molar-refractivity contribution in [1.29, 1.82) is 5.26 Å². The molecular formula is C16H13BrCl2N2. The normalized spacial score (nSPS) is 13.3. The summed E-state index contributed by atoms with van der Waals surface area (Å²) in [6.45, 7) is 1.87. The van der Waals surface area contributed by atoms with Gasteiger partial charge in [0, 0.05) is 21.6 Å². The highest BCUT2D eigenvalue weighted by molar-refractivity contribution is 9.10. The smallest absolute Gasteiger partial charge is 0.126 e. The van der Waals surface area contributed by atoms with E-state index in [1.165, 1.54) is 0 Å². The highest BCUT2D eigenvalue weighted by Crippen LogP contribution is 2.28. The van der Waals surface area contributed by atoms with Crippen molar-refractivity contribution >= 4 is 44.8 Å². The third-order valence-corrected chi connectivity index (χ3v) is 4.52. The van der Waals surface area contributed by atoms with Crippen LogP contribution in [0.3, 0.4) is 0 Å². The molecule has 0 amide bonds. The first kappa shape index (κ1) is 16.2. The van der Waals surface area contributed by atoms with Crippen molar-refractivity contribution in [2.24, 2.45) is 0 Å². The summed E-state index contributed by atoms with van der Waals surface area (Å²) in [4.78, 5) is 0. The van der Waals surface area contributed by atoms with Crippen molar-refractivity contribution in [3.05, 3.63) is 62.5 Å². The Kier molecular flexibility index (Phi) is 5.16. The molecule has 1 unspecified atom stereocenters. The minimum absolute atomic E-state index is 0.570.